The number of aromatic amines is 1. The Balaban J connectivity index is 1.77. The van der Waals surface area contributed by atoms with E-state index in [4.69, 9.17) is 16.3 Å². The number of phenols is 1. The summed E-state index contributed by atoms with van der Waals surface area (Å²) >= 11 is 5.75. The monoisotopic (exact) mass is 543 g/mol. The highest BCUT2D eigenvalue weighted by molar-refractivity contribution is 6.31. The fourth-order valence-corrected chi connectivity index (χ4v) is 4.13. The van der Waals surface area contributed by atoms with Crippen LogP contribution in [0, 0.1) is 11.8 Å². The summed E-state index contributed by atoms with van der Waals surface area (Å²) < 4.78 is 85.0. The predicted molar refractivity (Wildman–Crippen MR) is 125 cm³/mol. The molecule has 0 aliphatic carbocycles. The molecule has 0 radical (unpaired) electrons. The van der Waals surface area contributed by atoms with Gasteiger partial charge in [0.2, 0.25) is 0 Å². The van der Waals surface area contributed by atoms with Crippen molar-refractivity contribution in [2.24, 2.45) is 0 Å². The number of ether oxygens (including phenoxy) is 1. The Morgan fingerprint density at radius 2 is 1.76 bits per heavy atom. The average Bonchev–Trinajstić information content (AvgIpc) is 3.33. The molecule has 1 aromatic heterocycles. The number of benzene rings is 2. The zero-order valence-electron chi connectivity index (χ0n) is 19.1. The van der Waals surface area contributed by atoms with Crippen molar-refractivity contribution in [3.05, 3.63) is 58.2 Å². The molecule has 2 heterocycles. The van der Waals surface area contributed by atoms with Crippen molar-refractivity contribution in [3.8, 4) is 40.0 Å². The minimum absolute atomic E-state index is 0.0517. The molecule has 3 aromatic rings. The maximum Gasteiger partial charge on any atom is 0.435 e. The van der Waals surface area contributed by atoms with Gasteiger partial charge in [-0.1, -0.05) is 29.5 Å². The van der Waals surface area contributed by atoms with Crippen molar-refractivity contribution < 1.29 is 36.2 Å². The van der Waals surface area contributed by atoms with Crippen LogP contribution in [0.2, 0.25) is 5.02 Å². The van der Waals surface area contributed by atoms with Crippen LogP contribution in [0.25, 0.3) is 22.4 Å². The smallest absolute Gasteiger partial charge is 0.435 e. The van der Waals surface area contributed by atoms with Gasteiger partial charge in [0, 0.05) is 42.7 Å². The van der Waals surface area contributed by atoms with E-state index in [-0.39, 0.29) is 27.9 Å². The number of hydrogen-bond donors (Lipinski definition) is 2. The van der Waals surface area contributed by atoms with E-state index in [0.29, 0.717) is 32.2 Å². The Kier molecular flexibility index (Phi) is 7.73. The van der Waals surface area contributed by atoms with E-state index in [9.17, 15) is 31.4 Å². The molecule has 1 aliphatic heterocycles. The minimum Gasteiger partial charge on any atom is -0.507 e. The lowest BCUT2D eigenvalue weighted by atomic mass is 9.93. The number of rotatable bonds is 4. The molecule has 2 aromatic carbocycles. The molecule has 196 valence electrons. The maximum atomic E-state index is 13.5. The number of phenolic OH excluding ortho intramolecular Hbond substituents is 1. The summed E-state index contributed by atoms with van der Waals surface area (Å²) in [4.78, 5) is 2.16. The van der Waals surface area contributed by atoms with Crippen molar-refractivity contribution in [1.82, 2.24) is 15.1 Å². The Bertz CT molecular complexity index is 1330. The second kappa shape index (κ2) is 10.7. The number of nitrogens with zero attached hydrogens (tertiary/aromatic N) is 2. The van der Waals surface area contributed by atoms with E-state index >= 15 is 0 Å². The van der Waals surface area contributed by atoms with Crippen LogP contribution in [0.3, 0.4) is 0 Å². The van der Waals surface area contributed by atoms with E-state index in [1.807, 2.05) is 0 Å². The molecule has 0 atom stereocenters. The van der Waals surface area contributed by atoms with Gasteiger partial charge in [-0.3, -0.25) is 10.00 Å². The molecule has 4 rings (SSSR count). The van der Waals surface area contributed by atoms with Gasteiger partial charge in [0.25, 0.3) is 0 Å². The zero-order chi connectivity index (χ0) is 26.8. The zero-order valence-corrected chi connectivity index (χ0v) is 19.9. The molecule has 0 spiro atoms. The highest BCUT2D eigenvalue weighted by atomic mass is 35.5. The summed E-state index contributed by atoms with van der Waals surface area (Å²) in [6, 6.07) is 6.56. The van der Waals surface area contributed by atoms with Gasteiger partial charge in [0.15, 0.2) is 5.69 Å². The third kappa shape index (κ3) is 6.21. The van der Waals surface area contributed by atoms with Gasteiger partial charge >= 0.3 is 12.4 Å². The van der Waals surface area contributed by atoms with Crippen molar-refractivity contribution in [3.63, 3.8) is 0 Å². The molecule has 0 unspecified atom stereocenters. The summed E-state index contributed by atoms with van der Waals surface area (Å²) in [6.45, 7) is 3.42. The van der Waals surface area contributed by atoms with E-state index in [1.165, 1.54) is 18.2 Å². The number of H-pyrrole nitrogens is 1. The molecule has 0 amide bonds. The molecule has 1 aliphatic rings. The van der Waals surface area contributed by atoms with Crippen molar-refractivity contribution >= 4 is 11.6 Å². The van der Waals surface area contributed by atoms with Crippen LogP contribution in [0.4, 0.5) is 26.3 Å². The Hall–Kier alpha value is -3.20. The number of nitrogens with one attached hydrogen (secondary N) is 1. The molecule has 0 saturated carbocycles. The van der Waals surface area contributed by atoms with Gasteiger partial charge in [-0.15, -0.1) is 0 Å². The van der Waals surface area contributed by atoms with Gasteiger partial charge in [-0.2, -0.15) is 31.4 Å². The number of halogens is 7. The topological polar surface area (TPSA) is 61.4 Å². The first-order valence-corrected chi connectivity index (χ1v) is 11.5. The molecule has 0 bridgehead atoms. The maximum absolute atomic E-state index is 13.5. The Morgan fingerprint density at radius 1 is 1.03 bits per heavy atom. The van der Waals surface area contributed by atoms with E-state index < -0.39 is 34.4 Å². The second-order valence-corrected chi connectivity index (χ2v) is 8.65. The Labute approximate surface area is 213 Å². The summed E-state index contributed by atoms with van der Waals surface area (Å²) in [5, 5.41) is 16.0. The first-order chi connectivity index (χ1) is 17.4. The third-order valence-corrected chi connectivity index (χ3v) is 6.11. The lowest BCUT2D eigenvalue weighted by molar-refractivity contribution is -0.141. The van der Waals surface area contributed by atoms with Crippen molar-refractivity contribution in [2.75, 3.05) is 32.8 Å². The van der Waals surface area contributed by atoms with E-state index in [0.717, 1.165) is 25.2 Å². The quantitative estimate of drug-likeness (QED) is 0.303. The summed E-state index contributed by atoms with van der Waals surface area (Å²) in [5.41, 5.74) is -2.49. The largest absolute Gasteiger partial charge is 0.507 e. The first-order valence-electron chi connectivity index (χ1n) is 11.1. The van der Waals surface area contributed by atoms with Crippen molar-refractivity contribution in [2.45, 2.75) is 18.8 Å². The molecule has 12 heteroatoms. The average molecular weight is 544 g/mol. The van der Waals surface area contributed by atoms with Crippen LogP contribution in [-0.2, 0) is 17.1 Å². The number of alkyl halides is 6. The number of aromatic hydroxyl groups is 1. The SMILES string of the molecule is Oc1c(-c2cc(C(F)(F)F)n[nH]2)ccc(C#CCCN2CCOCC2)c1-c1ccc(Cl)c(C(F)(F)F)c1. The fourth-order valence-electron chi connectivity index (χ4n) is 3.90. The summed E-state index contributed by atoms with van der Waals surface area (Å²) in [6.07, 6.45) is -9.04. The minimum atomic E-state index is -4.77. The normalized spacial score (nSPS) is 14.9. The molecule has 5 nitrogen and oxygen atoms in total. The second-order valence-electron chi connectivity index (χ2n) is 8.25. The number of aromatic nitrogens is 2. The lowest BCUT2D eigenvalue weighted by Crippen LogP contribution is -2.36. The van der Waals surface area contributed by atoms with E-state index in [1.54, 1.807) is 0 Å². The Morgan fingerprint density at radius 3 is 2.41 bits per heavy atom. The van der Waals surface area contributed by atoms with Crippen LogP contribution in [0.5, 0.6) is 5.75 Å². The molecular weight excluding hydrogens is 524 g/mol. The molecular formula is C25H20ClF6N3O2. The molecule has 1 saturated heterocycles. The van der Waals surface area contributed by atoms with E-state index in [2.05, 4.69) is 26.9 Å². The summed E-state index contributed by atoms with van der Waals surface area (Å²) in [7, 11) is 0. The van der Waals surface area contributed by atoms with Gasteiger partial charge in [0.1, 0.15) is 5.75 Å². The predicted octanol–water partition coefficient (Wildman–Crippen LogP) is 6.21. The van der Waals surface area contributed by atoms with Crippen LogP contribution in [-0.4, -0.2) is 53.1 Å². The van der Waals surface area contributed by atoms with Gasteiger partial charge in [-0.05, 0) is 35.9 Å². The first kappa shape index (κ1) is 26.9. The van der Waals surface area contributed by atoms with Crippen molar-refractivity contribution in [1.29, 1.82) is 0 Å². The van der Waals surface area contributed by atoms with Crippen LogP contribution < -0.4 is 0 Å². The van der Waals surface area contributed by atoms with Gasteiger partial charge in [-0.25, -0.2) is 0 Å². The van der Waals surface area contributed by atoms with Gasteiger partial charge in [0.05, 0.1) is 29.5 Å². The van der Waals surface area contributed by atoms with Crippen LogP contribution in [0.15, 0.2) is 36.4 Å². The third-order valence-electron chi connectivity index (χ3n) is 5.78. The summed E-state index contributed by atoms with van der Waals surface area (Å²) in [5.74, 6) is 5.30. The molecule has 37 heavy (non-hydrogen) atoms. The number of hydrogen-bond acceptors (Lipinski definition) is 4. The highest BCUT2D eigenvalue weighted by Crippen LogP contribution is 2.44. The number of morpholine rings is 1. The van der Waals surface area contributed by atoms with Crippen LogP contribution in [0.1, 0.15) is 23.2 Å². The standard InChI is InChI=1S/C25H20ClF6N3O2/c26-19-7-5-16(13-18(19)24(27,28)29)22-15(3-1-2-8-35-9-11-37-12-10-35)4-6-17(23(22)36)20-14-21(34-33-20)25(30,31)32/h4-7,13-14,36H,2,8-12H2,(H,33,34). The molecule has 2 N–H and O–H groups in total. The van der Waals surface area contributed by atoms with Crippen LogP contribution >= 0.6 is 11.6 Å². The van der Waals surface area contributed by atoms with Gasteiger partial charge < -0.3 is 9.84 Å². The highest BCUT2D eigenvalue weighted by Gasteiger charge is 2.35. The lowest BCUT2D eigenvalue weighted by Gasteiger charge is -2.25. The fraction of sp³-hybridized carbons (Fsp3) is 0.320. The molecule has 1 fully saturated rings.